The highest BCUT2D eigenvalue weighted by Crippen LogP contribution is 2.65. The summed E-state index contributed by atoms with van der Waals surface area (Å²) in [6, 6.07) is 7.34. The lowest BCUT2D eigenvalue weighted by Gasteiger charge is -2.32. The number of nitrogens with one attached hydrogen (secondary N) is 1. The number of nitrogens with zero attached hydrogens (tertiary/aromatic N) is 3. The fourth-order valence-electron chi connectivity index (χ4n) is 3.87. The number of amidine groups is 1. The number of benzene rings is 1. The lowest BCUT2D eigenvalue weighted by molar-refractivity contribution is 0.102. The number of carbonyl (C=O) groups is 1. The van der Waals surface area contributed by atoms with Crippen molar-refractivity contribution in [2.75, 3.05) is 11.9 Å². The van der Waals surface area contributed by atoms with Crippen LogP contribution < -0.4 is 15.8 Å². The number of fused-ring (bicyclic) bond motifs is 1. The van der Waals surface area contributed by atoms with Gasteiger partial charge in [0.25, 0.3) is 5.91 Å². The molecule has 3 atom stereocenters. The molecule has 1 fully saturated rings. The maximum absolute atomic E-state index is 14.8. The van der Waals surface area contributed by atoms with Crippen molar-refractivity contribution in [2.24, 2.45) is 16.6 Å². The Labute approximate surface area is 187 Å². The molecule has 1 aliphatic carbocycles. The molecular weight excluding hydrogens is 436 g/mol. The minimum absolute atomic E-state index is 0.0230. The van der Waals surface area contributed by atoms with Crippen LogP contribution in [0.1, 0.15) is 29.4 Å². The van der Waals surface area contributed by atoms with Crippen molar-refractivity contribution in [3.8, 4) is 24.2 Å². The summed E-state index contributed by atoms with van der Waals surface area (Å²) >= 11 is 1.14. The summed E-state index contributed by atoms with van der Waals surface area (Å²) in [4.78, 5) is 20.9. The SMILES string of the molecule is C#CCOc1ccc(C(=O)Nc2cc(F)c(F)c([C@@]3(C)N=C(N)S[C@@]4(C#N)C[C@H]43)c2)nc1. The van der Waals surface area contributed by atoms with Gasteiger partial charge in [-0.1, -0.05) is 17.7 Å². The number of aliphatic imine (C=N–C) groups is 1. The Bertz CT molecular complexity index is 1220. The van der Waals surface area contributed by atoms with Crippen LogP contribution in [0.5, 0.6) is 5.75 Å². The van der Waals surface area contributed by atoms with Gasteiger partial charge in [-0.25, -0.2) is 13.8 Å². The molecular formula is C22H17F2N5O2S. The van der Waals surface area contributed by atoms with Crippen molar-refractivity contribution >= 4 is 28.5 Å². The Morgan fingerprint density at radius 1 is 1.47 bits per heavy atom. The van der Waals surface area contributed by atoms with Gasteiger partial charge in [-0.2, -0.15) is 5.26 Å². The number of thioether (sulfide) groups is 1. The number of aromatic nitrogens is 1. The van der Waals surface area contributed by atoms with E-state index in [9.17, 15) is 18.8 Å². The minimum atomic E-state index is -1.25. The molecule has 1 aliphatic heterocycles. The third-order valence-electron chi connectivity index (χ3n) is 5.53. The second kappa shape index (κ2) is 7.81. The van der Waals surface area contributed by atoms with Gasteiger partial charge in [-0.15, -0.1) is 6.42 Å². The normalized spacial score (nSPS) is 25.5. The first-order chi connectivity index (χ1) is 15.2. The molecule has 0 unspecified atom stereocenters. The third-order valence-corrected chi connectivity index (χ3v) is 6.74. The van der Waals surface area contributed by atoms with Gasteiger partial charge in [-0.05, 0) is 31.5 Å². The number of nitrogens with two attached hydrogens (primary N) is 1. The summed E-state index contributed by atoms with van der Waals surface area (Å²) < 4.78 is 33.7. The van der Waals surface area contributed by atoms with Crippen molar-refractivity contribution in [1.29, 1.82) is 5.26 Å². The average molecular weight is 453 g/mol. The Hall–Kier alpha value is -3.63. The van der Waals surface area contributed by atoms with E-state index >= 15 is 0 Å². The summed E-state index contributed by atoms with van der Waals surface area (Å²) in [5.74, 6) is -0.514. The average Bonchev–Trinajstić information content (AvgIpc) is 3.50. The number of carbonyl (C=O) groups excluding carboxylic acids is 1. The van der Waals surface area contributed by atoms with Crippen LogP contribution in [-0.2, 0) is 5.54 Å². The summed E-state index contributed by atoms with van der Waals surface area (Å²) in [6.07, 6.45) is 6.90. The lowest BCUT2D eigenvalue weighted by Crippen LogP contribution is -2.35. The highest BCUT2D eigenvalue weighted by molar-refractivity contribution is 8.15. The van der Waals surface area contributed by atoms with Crippen molar-refractivity contribution in [3.05, 3.63) is 53.4 Å². The highest BCUT2D eigenvalue weighted by Gasteiger charge is 2.67. The second-order valence-electron chi connectivity index (χ2n) is 7.60. The molecule has 3 N–H and O–H groups in total. The van der Waals surface area contributed by atoms with E-state index < -0.39 is 27.8 Å². The zero-order valence-electron chi connectivity index (χ0n) is 16.9. The monoisotopic (exact) mass is 453 g/mol. The number of terminal acetylenes is 1. The number of anilines is 1. The molecule has 32 heavy (non-hydrogen) atoms. The van der Waals surface area contributed by atoms with E-state index in [-0.39, 0.29) is 34.6 Å². The Morgan fingerprint density at radius 3 is 2.91 bits per heavy atom. The summed E-state index contributed by atoms with van der Waals surface area (Å²) in [5.41, 5.74) is 4.64. The van der Waals surface area contributed by atoms with E-state index in [1.165, 1.54) is 24.4 Å². The van der Waals surface area contributed by atoms with E-state index in [1.54, 1.807) is 6.92 Å². The van der Waals surface area contributed by atoms with E-state index in [0.29, 0.717) is 12.2 Å². The Morgan fingerprint density at radius 2 is 2.25 bits per heavy atom. The van der Waals surface area contributed by atoms with E-state index in [2.05, 4.69) is 27.3 Å². The van der Waals surface area contributed by atoms with Gasteiger partial charge < -0.3 is 15.8 Å². The highest BCUT2D eigenvalue weighted by atomic mass is 32.2. The number of hydrogen-bond donors (Lipinski definition) is 2. The topological polar surface area (TPSA) is 113 Å². The standard InChI is InChI=1S/C22H17F2N5O2S/c1-3-6-31-13-4-5-16(27-10-13)19(30)28-12-7-14(18(24)15(23)8-12)21(2)17-9-22(17,11-25)32-20(26)29-21/h1,4-5,7-8,10,17H,6,9H2,2H3,(H2,26,29)(H,28,30)/t17-,21+,22+/m0/s1. The zero-order valence-corrected chi connectivity index (χ0v) is 17.7. The number of pyridine rings is 1. The molecule has 1 aromatic heterocycles. The van der Waals surface area contributed by atoms with E-state index in [0.717, 1.165) is 17.8 Å². The first-order valence-electron chi connectivity index (χ1n) is 9.51. The number of amides is 1. The summed E-state index contributed by atoms with van der Waals surface area (Å²) in [5, 5.41) is 12.2. The molecule has 2 aromatic rings. The second-order valence-corrected chi connectivity index (χ2v) is 8.95. The molecule has 2 aliphatic rings. The molecule has 0 radical (unpaired) electrons. The minimum Gasteiger partial charge on any atom is -0.479 e. The van der Waals surface area contributed by atoms with Crippen LogP contribution in [0.2, 0.25) is 0 Å². The van der Waals surface area contributed by atoms with Gasteiger partial charge in [-0.3, -0.25) is 9.79 Å². The summed E-state index contributed by atoms with van der Waals surface area (Å²) in [6.45, 7) is 1.67. The van der Waals surface area contributed by atoms with Gasteiger partial charge in [0.05, 0.1) is 17.8 Å². The van der Waals surface area contributed by atoms with Crippen molar-refractivity contribution < 1.29 is 18.3 Å². The van der Waals surface area contributed by atoms with Crippen molar-refractivity contribution in [1.82, 2.24) is 4.98 Å². The predicted octanol–water partition coefficient (Wildman–Crippen LogP) is 3.18. The number of nitriles is 1. The number of ether oxygens (including phenoxy) is 1. The van der Waals surface area contributed by atoms with Crippen LogP contribution in [0.25, 0.3) is 0 Å². The van der Waals surface area contributed by atoms with E-state index in [4.69, 9.17) is 16.9 Å². The van der Waals surface area contributed by atoms with Gasteiger partial charge in [0.15, 0.2) is 16.8 Å². The molecule has 1 aromatic carbocycles. The molecule has 7 nitrogen and oxygen atoms in total. The van der Waals surface area contributed by atoms with E-state index in [1.807, 2.05) is 0 Å². The third kappa shape index (κ3) is 3.63. The fraction of sp³-hybridized carbons (Fsp3) is 0.273. The molecule has 1 saturated carbocycles. The molecule has 0 bridgehead atoms. The maximum Gasteiger partial charge on any atom is 0.274 e. The van der Waals surface area contributed by atoms with Crippen molar-refractivity contribution in [2.45, 2.75) is 23.6 Å². The van der Waals surface area contributed by atoms with Crippen LogP contribution in [0.3, 0.4) is 0 Å². The molecule has 0 spiro atoms. The molecule has 2 heterocycles. The molecule has 4 rings (SSSR count). The van der Waals surface area contributed by atoms with Crippen LogP contribution in [-0.4, -0.2) is 27.4 Å². The Balaban J connectivity index is 1.62. The van der Waals surface area contributed by atoms with Crippen LogP contribution in [0.15, 0.2) is 35.5 Å². The molecule has 10 heteroatoms. The van der Waals surface area contributed by atoms with Crippen LogP contribution in [0, 0.1) is 41.2 Å². The molecule has 0 saturated heterocycles. The van der Waals surface area contributed by atoms with Gasteiger partial charge in [0.1, 0.15) is 22.8 Å². The number of hydrogen-bond acceptors (Lipinski definition) is 7. The van der Waals surface area contributed by atoms with Crippen LogP contribution >= 0.6 is 11.8 Å². The lowest BCUT2D eigenvalue weighted by atomic mass is 9.85. The van der Waals surface area contributed by atoms with Gasteiger partial charge in [0, 0.05) is 23.2 Å². The van der Waals surface area contributed by atoms with Gasteiger partial charge >= 0.3 is 0 Å². The molecule has 162 valence electrons. The van der Waals surface area contributed by atoms with Gasteiger partial charge in [0.2, 0.25) is 0 Å². The first-order valence-corrected chi connectivity index (χ1v) is 10.3. The zero-order chi connectivity index (χ0) is 23.1. The maximum atomic E-state index is 14.8. The predicted molar refractivity (Wildman–Crippen MR) is 116 cm³/mol. The fourth-order valence-corrected chi connectivity index (χ4v) is 5.15. The summed E-state index contributed by atoms with van der Waals surface area (Å²) in [7, 11) is 0. The number of halogens is 2. The smallest absolute Gasteiger partial charge is 0.274 e. The largest absolute Gasteiger partial charge is 0.479 e. The number of rotatable bonds is 5. The van der Waals surface area contributed by atoms with Crippen molar-refractivity contribution in [3.63, 3.8) is 0 Å². The molecule has 1 amide bonds. The first kappa shape index (κ1) is 21.6. The Kier molecular flexibility index (Phi) is 5.27. The van der Waals surface area contributed by atoms with Crippen LogP contribution in [0.4, 0.5) is 14.5 Å². The quantitative estimate of drug-likeness (QED) is 0.673.